The van der Waals surface area contributed by atoms with E-state index >= 15 is 0 Å². The maximum atomic E-state index is 11.8. The number of hydrogen-bond acceptors (Lipinski definition) is 3. The molecular formula is C19H21NO2. The van der Waals surface area contributed by atoms with Crippen molar-refractivity contribution in [2.45, 2.75) is 13.8 Å². The molecule has 0 aromatic heterocycles. The minimum absolute atomic E-state index is 0.362. The summed E-state index contributed by atoms with van der Waals surface area (Å²) >= 11 is 0. The number of esters is 1. The first-order valence-electron chi connectivity index (χ1n) is 7.52. The minimum Gasteiger partial charge on any atom is -0.423 e. The Labute approximate surface area is 131 Å². The average molecular weight is 295 g/mol. The minimum atomic E-state index is -0.362. The van der Waals surface area contributed by atoms with Crippen molar-refractivity contribution in [1.82, 2.24) is 4.90 Å². The maximum Gasteiger partial charge on any atom is 0.337 e. The van der Waals surface area contributed by atoms with Crippen LogP contribution in [0.15, 0.2) is 66.9 Å². The number of carbonyl (C=O) groups is 1. The van der Waals surface area contributed by atoms with Gasteiger partial charge in [0.15, 0.2) is 0 Å². The number of carbonyl (C=O) groups excluding carboxylic acids is 1. The first kappa shape index (κ1) is 15.8. The second kappa shape index (κ2) is 8.03. The lowest BCUT2D eigenvalue weighted by molar-refractivity contribution is -0.129. The van der Waals surface area contributed by atoms with Gasteiger partial charge in [-0.05, 0) is 37.1 Å². The smallest absolute Gasteiger partial charge is 0.337 e. The fourth-order valence-electron chi connectivity index (χ4n) is 2.10. The highest BCUT2D eigenvalue weighted by atomic mass is 16.5. The Morgan fingerprint density at radius 1 is 0.955 bits per heavy atom. The van der Waals surface area contributed by atoms with Gasteiger partial charge in [0.05, 0.1) is 0 Å². The van der Waals surface area contributed by atoms with Crippen LogP contribution in [0, 0.1) is 0 Å². The number of ether oxygens (including phenoxy) is 1. The molecule has 2 aromatic carbocycles. The molecule has 0 atom stereocenters. The standard InChI is InChI=1S/C19H21NO2/c1-3-20(4-2)15-14-19(21)22-18-12-10-17(11-13-18)16-8-6-5-7-9-16/h5-15H,3-4H2,1-2H3/b15-14+. The highest BCUT2D eigenvalue weighted by molar-refractivity contribution is 5.84. The van der Waals surface area contributed by atoms with E-state index in [1.54, 1.807) is 6.20 Å². The number of benzene rings is 2. The van der Waals surface area contributed by atoms with Crippen LogP contribution in [0.5, 0.6) is 5.75 Å². The van der Waals surface area contributed by atoms with Crippen LogP contribution >= 0.6 is 0 Å². The number of rotatable bonds is 6. The van der Waals surface area contributed by atoms with Gasteiger partial charge in [0.25, 0.3) is 0 Å². The predicted molar refractivity (Wildman–Crippen MR) is 89.6 cm³/mol. The molecule has 0 N–H and O–H groups in total. The van der Waals surface area contributed by atoms with E-state index in [-0.39, 0.29) is 5.97 Å². The molecule has 0 bridgehead atoms. The van der Waals surface area contributed by atoms with Gasteiger partial charge in [-0.25, -0.2) is 4.79 Å². The number of hydrogen-bond donors (Lipinski definition) is 0. The monoisotopic (exact) mass is 295 g/mol. The third-order valence-electron chi connectivity index (χ3n) is 3.41. The summed E-state index contributed by atoms with van der Waals surface area (Å²) in [6.45, 7) is 5.82. The van der Waals surface area contributed by atoms with Crippen molar-refractivity contribution in [2.75, 3.05) is 13.1 Å². The highest BCUT2D eigenvalue weighted by Crippen LogP contribution is 2.22. The molecule has 0 aliphatic rings. The summed E-state index contributed by atoms with van der Waals surface area (Å²) in [6, 6.07) is 17.6. The molecular weight excluding hydrogens is 274 g/mol. The second-order valence-electron chi connectivity index (χ2n) is 4.85. The van der Waals surface area contributed by atoms with Crippen molar-refractivity contribution in [2.24, 2.45) is 0 Å². The quantitative estimate of drug-likeness (QED) is 0.456. The van der Waals surface area contributed by atoms with Crippen LogP contribution in [-0.2, 0) is 4.79 Å². The summed E-state index contributed by atoms with van der Waals surface area (Å²) in [5.41, 5.74) is 2.24. The number of nitrogens with zero attached hydrogens (tertiary/aromatic N) is 1. The SMILES string of the molecule is CCN(/C=C/C(=O)Oc1ccc(-c2ccccc2)cc1)CC. The maximum absolute atomic E-state index is 11.8. The van der Waals surface area contributed by atoms with Crippen molar-refractivity contribution in [3.8, 4) is 16.9 Å². The lowest BCUT2D eigenvalue weighted by Gasteiger charge is -2.14. The summed E-state index contributed by atoms with van der Waals surface area (Å²) in [5.74, 6) is 0.188. The van der Waals surface area contributed by atoms with E-state index in [9.17, 15) is 4.79 Å². The van der Waals surface area contributed by atoms with Crippen molar-refractivity contribution in [3.05, 3.63) is 66.9 Å². The second-order valence-corrected chi connectivity index (χ2v) is 4.85. The van der Waals surface area contributed by atoms with Crippen LogP contribution in [0.3, 0.4) is 0 Å². The van der Waals surface area contributed by atoms with Gasteiger partial charge in [-0.15, -0.1) is 0 Å². The van der Waals surface area contributed by atoms with Crippen molar-refractivity contribution in [3.63, 3.8) is 0 Å². The van der Waals surface area contributed by atoms with E-state index < -0.39 is 0 Å². The molecule has 3 nitrogen and oxygen atoms in total. The molecule has 2 aromatic rings. The van der Waals surface area contributed by atoms with Crippen LogP contribution in [0.4, 0.5) is 0 Å². The van der Waals surface area contributed by atoms with Gasteiger partial charge in [-0.3, -0.25) is 0 Å². The lowest BCUT2D eigenvalue weighted by atomic mass is 10.1. The van der Waals surface area contributed by atoms with Crippen molar-refractivity contribution >= 4 is 5.97 Å². The Hall–Kier alpha value is -2.55. The van der Waals surface area contributed by atoms with E-state index in [1.807, 2.05) is 73.3 Å². The van der Waals surface area contributed by atoms with Crippen LogP contribution in [0.25, 0.3) is 11.1 Å². The van der Waals surface area contributed by atoms with Crippen LogP contribution in [-0.4, -0.2) is 24.0 Å². The summed E-state index contributed by atoms with van der Waals surface area (Å²) in [5, 5.41) is 0. The van der Waals surface area contributed by atoms with E-state index in [1.165, 1.54) is 6.08 Å². The van der Waals surface area contributed by atoms with E-state index in [0.717, 1.165) is 24.2 Å². The molecule has 0 spiro atoms. The Morgan fingerprint density at radius 2 is 1.55 bits per heavy atom. The highest BCUT2D eigenvalue weighted by Gasteiger charge is 2.02. The Balaban J connectivity index is 1.98. The van der Waals surface area contributed by atoms with E-state index in [0.29, 0.717) is 5.75 Å². The molecule has 22 heavy (non-hydrogen) atoms. The first-order chi connectivity index (χ1) is 10.7. The molecule has 0 radical (unpaired) electrons. The van der Waals surface area contributed by atoms with Crippen LogP contribution in [0.1, 0.15) is 13.8 Å². The summed E-state index contributed by atoms with van der Waals surface area (Å²) in [4.78, 5) is 13.8. The molecule has 0 unspecified atom stereocenters. The zero-order valence-electron chi connectivity index (χ0n) is 13.0. The Kier molecular flexibility index (Phi) is 5.78. The predicted octanol–water partition coefficient (Wildman–Crippen LogP) is 4.11. The van der Waals surface area contributed by atoms with Gasteiger partial charge < -0.3 is 9.64 Å². The van der Waals surface area contributed by atoms with Gasteiger partial charge >= 0.3 is 5.97 Å². The van der Waals surface area contributed by atoms with E-state index in [2.05, 4.69) is 0 Å². The fraction of sp³-hybridized carbons (Fsp3) is 0.211. The first-order valence-corrected chi connectivity index (χ1v) is 7.52. The zero-order valence-corrected chi connectivity index (χ0v) is 13.0. The van der Waals surface area contributed by atoms with Gasteiger partial charge in [-0.2, -0.15) is 0 Å². The Morgan fingerprint density at radius 3 is 2.14 bits per heavy atom. The lowest BCUT2D eigenvalue weighted by Crippen LogP contribution is -2.16. The molecule has 114 valence electrons. The van der Waals surface area contributed by atoms with Crippen molar-refractivity contribution < 1.29 is 9.53 Å². The summed E-state index contributed by atoms with van der Waals surface area (Å²) in [7, 11) is 0. The topological polar surface area (TPSA) is 29.5 Å². The molecule has 3 heteroatoms. The third-order valence-corrected chi connectivity index (χ3v) is 3.41. The normalized spacial score (nSPS) is 10.6. The van der Waals surface area contributed by atoms with Gasteiger partial charge in [0, 0.05) is 25.4 Å². The van der Waals surface area contributed by atoms with Gasteiger partial charge in [0.2, 0.25) is 0 Å². The molecule has 0 saturated carbocycles. The fourth-order valence-corrected chi connectivity index (χ4v) is 2.10. The van der Waals surface area contributed by atoms with Gasteiger partial charge in [-0.1, -0.05) is 42.5 Å². The van der Waals surface area contributed by atoms with E-state index in [4.69, 9.17) is 4.74 Å². The molecule has 0 fully saturated rings. The van der Waals surface area contributed by atoms with Crippen LogP contribution < -0.4 is 4.74 Å². The molecule has 0 heterocycles. The molecule has 0 saturated heterocycles. The third kappa shape index (κ3) is 4.48. The summed E-state index contributed by atoms with van der Waals surface area (Å²) in [6.07, 6.45) is 3.22. The van der Waals surface area contributed by atoms with Crippen molar-refractivity contribution in [1.29, 1.82) is 0 Å². The molecule has 0 amide bonds. The Bertz CT molecular complexity index is 614. The summed E-state index contributed by atoms with van der Waals surface area (Å²) < 4.78 is 5.29. The molecule has 0 aliphatic carbocycles. The van der Waals surface area contributed by atoms with Crippen LogP contribution in [0.2, 0.25) is 0 Å². The van der Waals surface area contributed by atoms with Gasteiger partial charge in [0.1, 0.15) is 5.75 Å². The largest absolute Gasteiger partial charge is 0.423 e. The molecule has 0 aliphatic heterocycles. The molecule has 2 rings (SSSR count). The average Bonchev–Trinajstić information content (AvgIpc) is 2.57. The zero-order chi connectivity index (χ0) is 15.8.